The van der Waals surface area contributed by atoms with Crippen LogP contribution in [0.5, 0.6) is 5.88 Å². The number of halogens is 1. The van der Waals surface area contributed by atoms with Gasteiger partial charge < -0.3 is 10.0 Å². The van der Waals surface area contributed by atoms with E-state index in [1.165, 1.54) is 33.5 Å². The van der Waals surface area contributed by atoms with Crippen molar-refractivity contribution in [2.75, 3.05) is 11.4 Å². The lowest BCUT2D eigenvalue weighted by molar-refractivity contribution is 0.430. The Balaban J connectivity index is 1.70. The molecule has 0 fully saturated rings. The minimum atomic E-state index is -0.276. The number of benzene rings is 2. The molecule has 136 valence electrons. The van der Waals surface area contributed by atoms with Crippen LogP contribution >= 0.6 is 11.3 Å². The van der Waals surface area contributed by atoms with Crippen LogP contribution in [0.25, 0.3) is 4.96 Å². The molecule has 1 N–H and O–H groups in total. The van der Waals surface area contributed by atoms with E-state index >= 15 is 0 Å². The van der Waals surface area contributed by atoms with Gasteiger partial charge >= 0.3 is 0 Å². The van der Waals surface area contributed by atoms with Gasteiger partial charge in [0.05, 0.1) is 10.9 Å². The Morgan fingerprint density at radius 3 is 2.70 bits per heavy atom. The summed E-state index contributed by atoms with van der Waals surface area (Å²) in [5.41, 5.74) is 3.34. The topological polar surface area (TPSA) is 53.7 Å². The monoisotopic (exact) mass is 380 g/mol. The number of aromatic nitrogens is 3. The summed E-state index contributed by atoms with van der Waals surface area (Å²) in [7, 11) is 0. The van der Waals surface area contributed by atoms with Crippen molar-refractivity contribution in [1.29, 1.82) is 0 Å². The second-order valence-electron chi connectivity index (χ2n) is 6.67. The molecule has 0 saturated carbocycles. The van der Waals surface area contributed by atoms with Crippen LogP contribution in [0.15, 0.2) is 48.5 Å². The Morgan fingerprint density at radius 2 is 1.93 bits per heavy atom. The van der Waals surface area contributed by atoms with Crippen molar-refractivity contribution in [2.45, 2.75) is 19.4 Å². The maximum atomic E-state index is 13.5. The molecule has 7 heteroatoms. The number of aromatic hydroxyl groups is 1. The van der Waals surface area contributed by atoms with Gasteiger partial charge in [-0.2, -0.15) is 4.52 Å². The highest BCUT2D eigenvalue weighted by atomic mass is 32.1. The number of nitrogens with zero attached hydrogens (tertiary/aromatic N) is 4. The molecule has 27 heavy (non-hydrogen) atoms. The van der Waals surface area contributed by atoms with Gasteiger partial charge in [-0.25, -0.2) is 9.37 Å². The minimum Gasteiger partial charge on any atom is -0.492 e. The maximum absolute atomic E-state index is 13.5. The predicted molar refractivity (Wildman–Crippen MR) is 103 cm³/mol. The van der Waals surface area contributed by atoms with Crippen molar-refractivity contribution in [3.8, 4) is 5.88 Å². The number of hydrogen-bond acceptors (Lipinski definition) is 5. The van der Waals surface area contributed by atoms with Crippen molar-refractivity contribution in [2.24, 2.45) is 0 Å². The van der Waals surface area contributed by atoms with Gasteiger partial charge in [0.1, 0.15) is 11.6 Å². The summed E-state index contributed by atoms with van der Waals surface area (Å²) in [6.45, 7) is 2.63. The first-order valence-corrected chi connectivity index (χ1v) is 9.58. The lowest BCUT2D eigenvalue weighted by atomic mass is 10.0. The predicted octanol–water partition coefficient (Wildman–Crippen LogP) is 4.10. The quantitative estimate of drug-likeness (QED) is 0.582. The first kappa shape index (κ1) is 16.3. The van der Waals surface area contributed by atoms with Gasteiger partial charge in [0, 0.05) is 12.2 Å². The van der Waals surface area contributed by atoms with Crippen LogP contribution in [0.1, 0.15) is 27.9 Å². The Hall–Kier alpha value is -2.93. The third-order valence-corrected chi connectivity index (χ3v) is 6.05. The largest absolute Gasteiger partial charge is 0.492 e. The van der Waals surface area contributed by atoms with Crippen molar-refractivity contribution in [3.63, 3.8) is 0 Å². The lowest BCUT2D eigenvalue weighted by Crippen LogP contribution is -2.27. The molecule has 2 aromatic carbocycles. The molecule has 0 amide bonds. The van der Waals surface area contributed by atoms with Crippen molar-refractivity contribution in [1.82, 2.24) is 14.6 Å². The number of hydrogen-bond donors (Lipinski definition) is 1. The van der Waals surface area contributed by atoms with E-state index in [4.69, 9.17) is 0 Å². The van der Waals surface area contributed by atoms with Crippen LogP contribution in [0.2, 0.25) is 0 Å². The standard InChI is InChI=1S/C20H17FN4OS/c1-12-22-20-25(23-12)19(26)18(27-20)17(14-6-8-15(21)9-7-14)24-11-10-13-4-2-3-5-16(13)24/h2-9,17,26H,10-11H2,1H3. The van der Waals surface area contributed by atoms with Gasteiger partial charge in [0.25, 0.3) is 0 Å². The van der Waals surface area contributed by atoms with Crippen LogP contribution in [0.3, 0.4) is 0 Å². The fourth-order valence-corrected chi connectivity index (χ4v) is 4.92. The van der Waals surface area contributed by atoms with Gasteiger partial charge in [-0.3, -0.25) is 0 Å². The van der Waals surface area contributed by atoms with Gasteiger partial charge in [0.15, 0.2) is 0 Å². The average molecular weight is 380 g/mol. The zero-order chi connectivity index (χ0) is 18.5. The third-order valence-electron chi connectivity index (χ3n) is 4.97. The summed E-state index contributed by atoms with van der Waals surface area (Å²) < 4.78 is 15.0. The van der Waals surface area contributed by atoms with E-state index in [9.17, 15) is 9.50 Å². The molecule has 0 radical (unpaired) electrons. The number of rotatable bonds is 3. The highest BCUT2D eigenvalue weighted by Crippen LogP contribution is 2.44. The van der Waals surface area contributed by atoms with E-state index in [1.807, 2.05) is 12.1 Å². The second kappa shape index (κ2) is 6.06. The fourth-order valence-electron chi connectivity index (χ4n) is 3.78. The molecule has 5 nitrogen and oxygen atoms in total. The third kappa shape index (κ3) is 2.57. The van der Waals surface area contributed by atoms with Crippen LogP contribution < -0.4 is 4.90 Å². The Bertz CT molecular complexity index is 1130. The highest BCUT2D eigenvalue weighted by molar-refractivity contribution is 7.17. The van der Waals surface area contributed by atoms with Crippen LogP contribution in [0, 0.1) is 12.7 Å². The summed E-state index contributed by atoms with van der Waals surface area (Å²) in [4.78, 5) is 8.06. The van der Waals surface area contributed by atoms with E-state index in [0.29, 0.717) is 10.8 Å². The summed E-state index contributed by atoms with van der Waals surface area (Å²) in [5, 5.41) is 15.1. The van der Waals surface area contributed by atoms with E-state index in [-0.39, 0.29) is 17.7 Å². The molecule has 4 aromatic rings. The first-order chi connectivity index (χ1) is 13.1. The Kier molecular flexibility index (Phi) is 3.65. The van der Waals surface area contributed by atoms with Gasteiger partial charge in [-0.1, -0.05) is 41.7 Å². The van der Waals surface area contributed by atoms with E-state index < -0.39 is 0 Å². The molecule has 1 unspecified atom stereocenters. The summed E-state index contributed by atoms with van der Waals surface area (Å²) in [5.74, 6) is 0.434. The van der Waals surface area contributed by atoms with Crippen molar-refractivity contribution < 1.29 is 9.50 Å². The molecule has 3 heterocycles. The number of fused-ring (bicyclic) bond motifs is 2. The molecular formula is C20H17FN4OS. The van der Waals surface area contributed by atoms with Crippen LogP contribution in [0.4, 0.5) is 10.1 Å². The SMILES string of the molecule is Cc1nc2sc(C(c3ccc(F)cc3)N3CCc4ccccc43)c(O)n2n1. The number of thiazole rings is 1. The first-order valence-electron chi connectivity index (χ1n) is 8.77. The van der Waals surface area contributed by atoms with E-state index in [2.05, 4.69) is 27.1 Å². The van der Waals surface area contributed by atoms with Crippen molar-refractivity contribution >= 4 is 22.0 Å². The zero-order valence-corrected chi connectivity index (χ0v) is 15.4. The average Bonchev–Trinajstić information content (AvgIpc) is 3.33. The van der Waals surface area contributed by atoms with Crippen LogP contribution in [-0.2, 0) is 6.42 Å². The number of anilines is 1. The van der Waals surface area contributed by atoms with E-state index in [0.717, 1.165) is 29.1 Å². The molecule has 0 spiro atoms. The summed E-state index contributed by atoms with van der Waals surface area (Å²) in [6.07, 6.45) is 0.939. The molecule has 0 saturated heterocycles. The minimum absolute atomic E-state index is 0.0920. The summed E-state index contributed by atoms with van der Waals surface area (Å²) in [6, 6.07) is 14.5. The summed E-state index contributed by atoms with van der Waals surface area (Å²) >= 11 is 1.42. The smallest absolute Gasteiger partial charge is 0.230 e. The highest BCUT2D eigenvalue weighted by Gasteiger charge is 2.33. The van der Waals surface area contributed by atoms with Crippen LogP contribution in [-0.4, -0.2) is 26.2 Å². The maximum Gasteiger partial charge on any atom is 0.230 e. The molecule has 1 aliphatic rings. The zero-order valence-electron chi connectivity index (χ0n) is 14.6. The molecule has 1 aliphatic heterocycles. The van der Waals surface area contributed by atoms with Gasteiger partial charge in [-0.05, 0) is 42.7 Å². The molecule has 2 aromatic heterocycles. The molecule has 0 bridgehead atoms. The van der Waals surface area contributed by atoms with Gasteiger partial charge in [0.2, 0.25) is 10.8 Å². The number of aryl methyl sites for hydroxylation is 1. The van der Waals surface area contributed by atoms with Gasteiger partial charge in [-0.15, -0.1) is 5.10 Å². The Morgan fingerprint density at radius 1 is 1.15 bits per heavy atom. The fraction of sp³-hybridized carbons (Fsp3) is 0.200. The molecule has 1 atom stereocenters. The van der Waals surface area contributed by atoms with E-state index in [1.54, 1.807) is 19.1 Å². The Labute approximate surface area is 159 Å². The molecule has 5 rings (SSSR count). The molecule has 0 aliphatic carbocycles. The second-order valence-corrected chi connectivity index (χ2v) is 7.68. The molecular weight excluding hydrogens is 363 g/mol. The number of para-hydroxylation sites is 1. The van der Waals surface area contributed by atoms with Crippen molar-refractivity contribution in [3.05, 3.63) is 76.2 Å². The normalized spacial score (nSPS) is 14.7. The lowest BCUT2D eigenvalue weighted by Gasteiger charge is -2.30.